The molecule has 1 spiro atoms. The van der Waals surface area contributed by atoms with Crippen LogP contribution in [0.5, 0.6) is 0 Å². The van der Waals surface area contributed by atoms with Gasteiger partial charge in [0.2, 0.25) is 0 Å². The zero-order chi connectivity index (χ0) is 11.2. The summed E-state index contributed by atoms with van der Waals surface area (Å²) in [6.07, 6.45) is 4.24. The Morgan fingerprint density at radius 3 is 2.69 bits per heavy atom. The smallest absolute Gasteiger partial charge is 0.255 e. The summed E-state index contributed by atoms with van der Waals surface area (Å²) < 4.78 is 0. The number of pyridine rings is 1. The highest BCUT2D eigenvalue weighted by Crippen LogP contribution is 2.53. The standard InChI is InChI=1S/C12H15N3O/c1-13-10-3-2-9(6-14-10)11(16)15-7-12(8-15)4-5-12/h2-3,6H,4-5,7-8H2,1H3,(H,13,14). The normalized spacial score (nSPS) is 20.4. The molecule has 4 nitrogen and oxygen atoms in total. The fourth-order valence-electron chi connectivity index (χ4n) is 2.25. The molecule has 0 radical (unpaired) electrons. The van der Waals surface area contributed by atoms with Crippen LogP contribution < -0.4 is 5.32 Å². The van der Waals surface area contributed by atoms with E-state index in [0.29, 0.717) is 11.0 Å². The number of hydrogen-bond donors (Lipinski definition) is 1. The van der Waals surface area contributed by atoms with E-state index >= 15 is 0 Å². The van der Waals surface area contributed by atoms with E-state index in [-0.39, 0.29) is 5.91 Å². The van der Waals surface area contributed by atoms with Crippen molar-refractivity contribution < 1.29 is 4.79 Å². The maximum Gasteiger partial charge on any atom is 0.255 e. The summed E-state index contributed by atoms with van der Waals surface area (Å²) in [6.45, 7) is 1.89. The highest BCUT2D eigenvalue weighted by Gasteiger charge is 2.53. The largest absolute Gasteiger partial charge is 0.373 e. The molecule has 1 saturated heterocycles. The second-order valence-electron chi connectivity index (χ2n) is 4.84. The van der Waals surface area contributed by atoms with Gasteiger partial charge in [0.1, 0.15) is 5.82 Å². The minimum absolute atomic E-state index is 0.118. The van der Waals surface area contributed by atoms with Crippen LogP contribution in [0.3, 0.4) is 0 Å². The molecule has 2 aliphatic rings. The highest BCUT2D eigenvalue weighted by atomic mass is 16.2. The van der Waals surface area contributed by atoms with Gasteiger partial charge in [-0.25, -0.2) is 4.98 Å². The third kappa shape index (κ3) is 1.45. The molecule has 0 aromatic carbocycles. The Morgan fingerprint density at radius 1 is 1.44 bits per heavy atom. The molecule has 4 heteroatoms. The van der Waals surface area contributed by atoms with Crippen molar-refractivity contribution in [2.45, 2.75) is 12.8 Å². The van der Waals surface area contributed by atoms with Crippen LogP contribution in [0.1, 0.15) is 23.2 Å². The molecule has 16 heavy (non-hydrogen) atoms. The van der Waals surface area contributed by atoms with E-state index < -0.39 is 0 Å². The second kappa shape index (κ2) is 3.20. The van der Waals surface area contributed by atoms with E-state index in [2.05, 4.69) is 10.3 Å². The lowest BCUT2D eigenvalue weighted by Gasteiger charge is -2.39. The average Bonchev–Trinajstić information content (AvgIpc) is 3.06. The van der Waals surface area contributed by atoms with Gasteiger partial charge >= 0.3 is 0 Å². The number of rotatable bonds is 2. The molecule has 1 amide bonds. The molecule has 0 atom stereocenters. The first-order valence-electron chi connectivity index (χ1n) is 5.66. The van der Waals surface area contributed by atoms with Crippen LogP contribution in [0, 0.1) is 5.41 Å². The second-order valence-corrected chi connectivity index (χ2v) is 4.84. The lowest BCUT2D eigenvalue weighted by molar-refractivity contribution is 0.0442. The molecule has 84 valence electrons. The molecule has 1 aromatic rings. The van der Waals surface area contributed by atoms with Gasteiger partial charge in [-0.2, -0.15) is 0 Å². The van der Waals surface area contributed by atoms with E-state index in [0.717, 1.165) is 18.9 Å². The summed E-state index contributed by atoms with van der Waals surface area (Å²) in [5, 5.41) is 2.94. The van der Waals surface area contributed by atoms with Gasteiger partial charge in [-0.05, 0) is 25.0 Å². The highest BCUT2D eigenvalue weighted by molar-refractivity contribution is 5.94. The van der Waals surface area contributed by atoms with Gasteiger partial charge in [0.05, 0.1) is 5.56 Å². The number of amides is 1. The fraction of sp³-hybridized carbons (Fsp3) is 0.500. The van der Waals surface area contributed by atoms with Crippen LogP contribution >= 0.6 is 0 Å². The quantitative estimate of drug-likeness (QED) is 0.813. The molecule has 1 aliphatic carbocycles. The van der Waals surface area contributed by atoms with Crippen LogP contribution in [-0.2, 0) is 0 Å². The molecule has 1 aromatic heterocycles. The lowest BCUT2D eigenvalue weighted by atomic mass is 9.96. The Kier molecular flexibility index (Phi) is 1.93. The summed E-state index contributed by atoms with van der Waals surface area (Å²) in [7, 11) is 1.82. The van der Waals surface area contributed by atoms with Crippen LogP contribution in [0.2, 0.25) is 0 Å². The zero-order valence-corrected chi connectivity index (χ0v) is 9.36. The van der Waals surface area contributed by atoms with Gasteiger partial charge in [-0.3, -0.25) is 4.79 Å². The maximum atomic E-state index is 12.0. The summed E-state index contributed by atoms with van der Waals surface area (Å²) >= 11 is 0. The number of nitrogens with zero attached hydrogens (tertiary/aromatic N) is 2. The van der Waals surface area contributed by atoms with E-state index in [4.69, 9.17) is 0 Å². The van der Waals surface area contributed by atoms with Crippen LogP contribution in [-0.4, -0.2) is 35.9 Å². The van der Waals surface area contributed by atoms with Crippen molar-refractivity contribution in [3.63, 3.8) is 0 Å². The van der Waals surface area contributed by atoms with Crippen LogP contribution in [0.4, 0.5) is 5.82 Å². The van der Waals surface area contributed by atoms with E-state index in [1.54, 1.807) is 6.20 Å². The van der Waals surface area contributed by atoms with Gasteiger partial charge in [-0.15, -0.1) is 0 Å². The molecule has 0 bridgehead atoms. The Morgan fingerprint density at radius 2 is 2.19 bits per heavy atom. The SMILES string of the molecule is CNc1ccc(C(=O)N2CC3(CC3)C2)cn1. The van der Waals surface area contributed by atoms with Crippen molar-refractivity contribution in [1.82, 2.24) is 9.88 Å². The van der Waals surface area contributed by atoms with Crippen LogP contribution in [0.25, 0.3) is 0 Å². The molecule has 1 saturated carbocycles. The van der Waals surface area contributed by atoms with Crippen molar-refractivity contribution in [3.8, 4) is 0 Å². The predicted molar refractivity (Wildman–Crippen MR) is 61.4 cm³/mol. The third-order valence-corrected chi connectivity index (χ3v) is 3.56. The fourth-order valence-corrected chi connectivity index (χ4v) is 2.25. The Balaban J connectivity index is 1.69. The molecule has 1 aliphatic heterocycles. The zero-order valence-electron chi connectivity index (χ0n) is 9.36. The number of hydrogen-bond acceptors (Lipinski definition) is 3. The minimum atomic E-state index is 0.118. The Hall–Kier alpha value is -1.58. The number of aromatic nitrogens is 1. The van der Waals surface area contributed by atoms with E-state index in [1.165, 1.54) is 12.8 Å². The third-order valence-electron chi connectivity index (χ3n) is 3.56. The molecule has 3 rings (SSSR count). The summed E-state index contributed by atoms with van der Waals surface area (Å²) in [6, 6.07) is 3.67. The number of carbonyl (C=O) groups excluding carboxylic acids is 1. The first-order chi connectivity index (χ1) is 7.72. The van der Waals surface area contributed by atoms with Gasteiger partial charge in [0.25, 0.3) is 5.91 Å². The van der Waals surface area contributed by atoms with Gasteiger partial charge in [-0.1, -0.05) is 0 Å². The van der Waals surface area contributed by atoms with Crippen molar-refractivity contribution in [2.75, 3.05) is 25.5 Å². The van der Waals surface area contributed by atoms with Crippen molar-refractivity contribution in [3.05, 3.63) is 23.9 Å². The number of nitrogens with one attached hydrogen (secondary N) is 1. The van der Waals surface area contributed by atoms with E-state index in [1.807, 2.05) is 24.1 Å². The summed E-state index contributed by atoms with van der Waals surface area (Å²) in [5.41, 5.74) is 1.21. The summed E-state index contributed by atoms with van der Waals surface area (Å²) in [4.78, 5) is 18.1. The van der Waals surface area contributed by atoms with Gasteiger partial charge in [0, 0.05) is 31.7 Å². The maximum absolute atomic E-state index is 12.0. The molecule has 0 unspecified atom stereocenters. The van der Waals surface area contributed by atoms with Crippen molar-refractivity contribution in [2.24, 2.45) is 5.41 Å². The summed E-state index contributed by atoms with van der Waals surface area (Å²) in [5.74, 6) is 0.909. The van der Waals surface area contributed by atoms with Gasteiger partial charge < -0.3 is 10.2 Å². The van der Waals surface area contributed by atoms with E-state index in [9.17, 15) is 4.79 Å². The van der Waals surface area contributed by atoms with Crippen LogP contribution in [0.15, 0.2) is 18.3 Å². The molecule has 2 fully saturated rings. The number of carbonyl (C=O) groups is 1. The van der Waals surface area contributed by atoms with Gasteiger partial charge in [0.15, 0.2) is 0 Å². The predicted octanol–water partition coefficient (Wildman–Crippen LogP) is 1.36. The topological polar surface area (TPSA) is 45.2 Å². The van der Waals surface area contributed by atoms with Crippen molar-refractivity contribution >= 4 is 11.7 Å². The minimum Gasteiger partial charge on any atom is -0.373 e. The first kappa shape index (κ1) is 9.63. The van der Waals surface area contributed by atoms with Crippen molar-refractivity contribution in [1.29, 1.82) is 0 Å². The average molecular weight is 217 g/mol. The molecular formula is C12H15N3O. The Labute approximate surface area is 94.7 Å². The Bertz CT molecular complexity index is 414. The molecule has 2 heterocycles. The number of anilines is 1. The molecular weight excluding hydrogens is 202 g/mol. The lowest BCUT2D eigenvalue weighted by Crippen LogP contribution is -2.51. The monoisotopic (exact) mass is 217 g/mol. The number of likely N-dealkylation sites (tertiary alicyclic amines) is 1. The first-order valence-corrected chi connectivity index (χ1v) is 5.66. The molecule has 1 N–H and O–H groups in total.